The molecule has 8 heteroatoms. The van der Waals surface area contributed by atoms with Gasteiger partial charge in [-0.3, -0.25) is 14.7 Å². The van der Waals surface area contributed by atoms with Crippen LogP contribution in [0.2, 0.25) is 5.02 Å². The van der Waals surface area contributed by atoms with Gasteiger partial charge in [0.25, 0.3) is 5.69 Å². The molecule has 2 aliphatic heterocycles. The Bertz CT molecular complexity index is 1160. The molecule has 0 amide bonds. The fourth-order valence-electron chi connectivity index (χ4n) is 4.88. The zero-order valence-electron chi connectivity index (χ0n) is 15.2. The molecule has 2 aromatic carbocycles. The van der Waals surface area contributed by atoms with Gasteiger partial charge in [-0.25, -0.2) is 0 Å². The molecule has 5 rings (SSSR count). The van der Waals surface area contributed by atoms with E-state index in [2.05, 4.69) is 0 Å². The van der Waals surface area contributed by atoms with E-state index >= 15 is 0 Å². The number of nitro benzene ring substituents is 1. The normalized spacial score (nSPS) is 25.4. The van der Waals surface area contributed by atoms with Crippen LogP contribution in [0.5, 0.6) is 11.8 Å². The molecular formula is C20H17ClN2O5. The Hall–Kier alpha value is -2.77. The van der Waals surface area contributed by atoms with E-state index in [1.54, 1.807) is 18.2 Å². The molecule has 2 bridgehead atoms. The second kappa shape index (κ2) is 5.18. The quantitative estimate of drug-likeness (QED) is 0.473. The predicted molar refractivity (Wildman–Crippen MR) is 103 cm³/mol. The average Bonchev–Trinajstić information content (AvgIpc) is 3.18. The van der Waals surface area contributed by atoms with Crippen molar-refractivity contribution >= 4 is 28.1 Å². The van der Waals surface area contributed by atoms with E-state index in [-0.39, 0.29) is 27.9 Å². The van der Waals surface area contributed by atoms with E-state index in [0.717, 1.165) is 12.8 Å². The third kappa shape index (κ3) is 1.92. The van der Waals surface area contributed by atoms with Crippen molar-refractivity contribution in [1.29, 1.82) is 0 Å². The first-order chi connectivity index (χ1) is 13.2. The lowest BCUT2D eigenvalue weighted by Gasteiger charge is -2.21. The van der Waals surface area contributed by atoms with E-state index in [9.17, 15) is 20.3 Å². The molecule has 3 aromatic rings. The van der Waals surface area contributed by atoms with Gasteiger partial charge in [0.2, 0.25) is 11.8 Å². The van der Waals surface area contributed by atoms with Gasteiger partial charge in [0.05, 0.1) is 43.3 Å². The van der Waals surface area contributed by atoms with E-state index in [4.69, 9.17) is 16.3 Å². The lowest BCUT2D eigenvalue weighted by Crippen LogP contribution is -2.17. The van der Waals surface area contributed by atoms with Crippen LogP contribution < -0.4 is 0 Å². The SMILES string of the molecule is CC12CCC(C)(O1)c1c2c(O)n(-c2ccc([N+](=O)[O-])c3c(Cl)cccc23)c1O. The average molecular weight is 401 g/mol. The molecule has 28 heavy (non-hydrogen) atoms. The minimum atomic E-state index is -0.675. The number of benzene rings is 2. The summed E-state index contributed by atoms with van der Waals surface area (Å²) >= 11 is 6.26. The summed E-state index contributed by atoms with van der Waals surface area (Å²) in [6, 6.07) is 7.79. The van der Waals surface area contributed by atoms with Gasteiger partial charge in [0, 0.05) is 11.5 Å². The van der Waals surface area contributed by atoms with Gasteiger partial charge in [0.15, 0.2) is 0 Å². The van der Waals surface area contributed by atoms with Crippen LogP contribution in [0.4, 0.5) is 5.69 Å². The zero-order chi connectivity index (χ0) is 20.0. The monoisotopic (exact) mass is 400 g/mol. The second-order valence-corrected chi connectivity index (χ2v) is 8.23. The first-order valence-corrected chi connectivity index (χ1v) is 9.29. The highest BCUT2D eigenvalue weighted by Gasteiger charge is 2.59. The molecule has 2 aliphatic rings. The van der Waals surface area contributed by atoms with Gasteiger partial charge in [-0.2, -0.15) is 0 Å². The van der Waals surface area contributed by atoms with Crippen LogP contribution in [0.25, 0.3) is 16.5 Å². The fraction of sp³-hybridized carbons (Fsp3) is 0.300. The minimum absolute atomic E-state index is 0.117. The topological polar surface area (TPSA) is 97.8 Å². The van der Waals surface area contributed by atoms with Crippen molar-refractivity contribution in [1.82, 2.24) is 4.57 Å². The van der Waals surface area contributed by atoms with Gasteiger partial charge in [-0.05, 0) is 38.8 Å². The maximum Gasteiger partial charge on any atom is 0.278 e. The predicted octanol–water partition coefficient (Wildman–Crippen LogP) is 4.86. The molecule has 0 radical (unpaired) electrons. The van der Waals surface area contributed by atoms with Crippen LogP contribution in [-0.2, 0) is 15.9 Å². The number of non-ortho nitro benzene ring substituents is 1. The number of nitro groups is 1. The van der Waals surface area contributed by atoms with Gasteiger partial charge in [0.1, 0.15) is 0 Å². The number of nitrogens with zero attached hydrogens (tertiary/aromatic N) is 2. The molecule has 7 nitrogen and oxygen atoms in total. The maximum atomic E-state index is 11.5. The van der Waals surface area contributed by atoms with Gasteiger partial charge < -0.3 is 14.9 Å². The second-order valence-electron chi connectivity index (χ2n) is 7.82. The van der Waals surface area contributed by atoms with Crippen molar-refractivity contribution in [3.8, 4) is 17.4 Å². The third-order valence-electron chi connectivity index (χ3n) is 6.09. The highest BCUT2D eigenvalue weighted by atomic mass is 35.5. The standard InChI is InChI=1S/C20H17ClN2O5/c1-19-8-9-20(2,28-19)16-15(19)17(24)22(18(16)25)12-6-7-13(23(26)27)14-10(12)4-3-5-11(14)21/h3-7,24-25H,8-9H2,1-2H3. The van der Waals surface area contributed by atoms with Crippen LogP contribution in [0.1, 0.15) is 37.8 Å². The van der Waals surface area contributed by atoms with Crippen LogP contribution in [0, 0.1) is 10.1 Å². The Morgan fingerprint density at radius 2 is 1.71 bits per heavy atom. The largest absolute Gasteiger partial charge is 0.494 e. The molecule has 0 aliphatic carbocycles. The number of ether oxygens (including phenoxy) is 1. The number of fused-ring (bicyclic) bond motifs is 6. The summed E-state index contributed by atoms with van der Waals surface area (Å²) in [5.41, 5.74) is 0.0833. The van der Waals surface area contributed by atoms with Crippen molar-refractivity contribution < 1.29 is 19.9 Å². The Kier molecular flexibility index (Phi) is 3.21. The first-order valence-electron chi connectivity index (χ1n) is 8.92. The van der Waals surface area contributed by atoms with E-state index in [0.29, 0.717) is 22.2 Å². The van der Waals surface area contributed by atoms with Gasteiger partial charge in [-0.1, -0.05) is 23.7 Å². The van der Waals surface area contributed by atoms with Crippen molar-refractivity contribution in [2.24, 2.45) is 0 Å². The molecule has 2 unspecified atom stereocenters. The molecular weight excluding hydrogens is 384 g/mol. The summed E-state index contributed by atoms with van der Waals surface area (Å²) in [5, 5.41) is 34.5. The zero-order valence-corrected chi connectivity index (χ0v) is 15.9. The Balaban J connectivity index is 1.87. The van der Waals surface area contributed by atoms with Crippen molar-refractivity contribution in [2.45, 2.75) is 37.9 Å². The molecule has 2 N–H and O–H groups in total. The number of aromatic nitrogens is 1. The third-order valence-corrected chi connectivity index (χ3v) is 6.41. The van der Waals surface area contributed by atoms with Crippen LogP contribution in [-0.4, -0.2) is 19.7 Å². The number of hydrogen-bond donors (Lipinski definition) is 2. The van der Waals surface area contributed by atoms with Crippen LogP contribution in [0.3, 0.4) is 0 Å². The number of aromatic hydroxyl groups is 2. The highest BCUT2D eigenvalue weighted by Crippen LogP contribution is 2.64. The molecule has 1 fully saturated rings. The molecule has 2 atom stereocenters. The lowest BCUT2D eigenvalue weighted by molar-refractivity contribution is -0.383. The smallest absolute Gasteiger partial charge is 0.278 e. The van der Waals surface area contributed by atoms with Gasteiger partial charge in [-0.15, -0.1) is 0 Å². The molecule has 0 saturated carbocycles. The number of halogens is 1. The summed E-state index contributed by atoms with van der Waals surface area (Å²) in [4.78, 5) is 11.0. The van der Waals surface area contributed by atoms with Crippen molar-refractivity contribution in [3.05, 3.63) is 56.6 Å². The summed E-state index contributed by atoms with van der Waals surface area (Å²) in [7, 11) is 0. The maximum absolute atomic E-state index is 11.5. The Morgan fingerprint density at radius 3 is 2.29 bits per heavy atom. The molecule has 0 spiro atoms. The number of rotatable bonds is 2. The van der Waals surface area contributed by atoms with E-state index in [1.807, 2.05) is 13.8 Å². The minimum Gasteiger partial charge on any atom is -0.494 e. The lowest BCUT2D eigenvalue weighted by atomic mass is 9.80. The summed E-state index contributed by atoms with van der Waals surface area (Å²) in [5.74, 6) is -0.234. The molecule has 3 heterocycles. The summed E-state index contributed by atoms with van der Waals surface area (Å²) in [6.45, 7) is 3.80. The molecule has 1 aromatic heterocycles. The summed E-state index contributed by atoms with van der Waals surface area (Å²) in [6.07, 6.45) is 1.47. The Labute approximate surface area is 164 Å². The van der Waals surface area contributed by atoms with Crippen LogP contribution >= 0.6 is 11.6 Å². The molecule has 1 saturated heterocycles. The van der Waals surface area contributed by atoms with Gasteiger partial charge >= 0.3 is 0 Å². The molecule has 144 valence electrons. The van der Waals surface area contributed by atoms with E-state index < -0.39 is 16.1 Å². The van der Waals surface area contributed by atoms with Crippen LogP contribution in [0.15, 0.2) is 30.3 Å². The number of hydrogen-bond acceptors (Lipinski definition) is 5. The van der Waals surface area contributed by atoms with Crippen molar-refractivity contribution in [2.75, 3.05) is 0 Å². The highest BCUT2D eigenvalue weighted by molar-refractivity contribution is 6.36. The first kappa shape index (κ1) is 17.3. The fourth-order valence-corrected chi connectivity index (χ4v) is 5.15. The van der Waals surface area contributed by atoms with Crippen molar-refractivity contribution in [3.63, 3.8) is 0 Å². The summed E-state index contributed by atoms with van der Waals surface area (Å²) < 4.78 is 7.45. The Morgan fingerprint density at radius 1 is 1.11 bits per heavy atom. The van der Waals surface area contributed by atoms with E-state index in [1.165, 1.54) is 16.7 Å².